The minimum Gasteiger partial charge on any atom is -0.759 e. The summed E-state index contributed by atoms with van der Waals surface area (Å²) in [5.74, 6) is 0. The molecule has 0 heterocycles. The van der Waals surface area contributed by atoms with Gasteiger partial charge in [0.25, 0.3) is 0 Å². The Morgan fingerprint density at radius 3 is 1.43 bits per heavy atom. The largest absolute Gasteiger partial charge is 1.00 e. The molecule has 0 unspecified atom stereocenters. The normalized spacial score (nSPS) is 8.50. The molecule has 0 atom stereocenters. The molecule has 0 aliphatic rings. The van der Waals surface area contributed by atoms with Crippen LogP contribution in [0.25, 0.3) is 0 Å². The Morgan fingerprint density at radius 2 is 1.29 bits per heavy atom. The van der Waals surface area contributed by atoms with Crippen molar-refractivity contribution in [1.29, 1.82) is 0 Å². The fourth-order valence-corrected chi connectivity index (χ4v) is 0.534. The zero-order chi connectivity index (χ0) is 9.61. The van der Waals surface area contributed by atoms with Crippen LogP contribution in [-0.4, -0.2) is 17.5 Å². The fraction of sp³-hybridized carbons (Fsp3) is 0.143. The molecule has 7 heteroatoms. The van der Waals surface area contributed by atoms with E-state index in [1.165, 1.54) is 5.56 Å². The van der Waals surface area contributed by atoms with Gasteiger partial charge >= 0.3 is 59.1 Å². The van der Waals surface area contributed by atoms with Crippen LogP contribution in [0.1, 0.15) is 5.56 Å². The molecule has 0 N–H and O–H groups in total. The monoisotopic (exact) mass is 234 g/mol. The van der Waals surface area contributed by atoms with Gasteiger partial charge in [-0.1, -0.05) is 35.9 Å². The first kappa shape index (κ1) is 20.5. The molecule has 0 aromatic heterocycles. The number of aryl methyl sites for hydroxylation is 1. The number of hydrogen-bond acceptors (Lipinski definition) is 4. The van der Waals surface area contributed by atoms with Gasteiger partial charge in [0, 0.05) is 10.4 Å². The Hall–Kier alpha value is 1.09. The summed E-state index contributed by atoms with van der Waals surface area (Å²) >= 11 is 0. The summed E-state index contributed by atoms with van der Waals surface area (Å²) in [6, 6.07) is 10.3. The summed E-state index contributed by atoms with van der Waals surface area (Å²) in [5.41, 5.74) is 1.32. The third-order valence-electron chi connectivity index (χ3n) is 0.940. The van der Waals surface area contributed by atoms with Gasteiger partial charge in [0.2, 0.25) is 0 Å². The van der Waals surface area contributed by atoms with Gasteiger partial charge in [-0.3, -0.25) is 8.42 Å². The molecule has 0 fully saturated rings. The van der Waals surface area contributed by atoms with E-state index in [0.29, 0.717) is 0 Å². The second kappa shape index (κ2) is 10.6. The van der Waals surface area contributed by atoms with E-state index in [9.17, 15) is 0 Å². The van der Waals surface area contributed by atoms with Crippen LogP contribution in [0.3, 0.4) is 0 Å². The molecule has 14 heavy (non-hydrogen) atoms. The van der Waals surface area contributed by atoms with Gasteiger partial charge in [-0.05, 0) is 6.92 Å². The minimum absolute atomic E-state index is 0. The Morgan fingerprint density at radius 1 is 1.00 bits per heavy atom. The molecule has 0 saturated heterocycles. The topological polar surface area (TPSA) is 80.3 Å². The van der Waals surface area contributed by atoms with Crippen molar-refractivity contribution in [3.63, 3.8) is 0 Å². The van der Waals surface area contributed by atoms with Crippen molar-refractivity contribution < 1.29 is 76.6 Å². The fourth-order valence-electron chi connectivity index (χ4n) is 0.534. The van der Waals surface area contributed by atoms with E-state index < -0.39 is 10.4 Å². The first-order valence-corrected chi connectivity index (χ1v) is 4.41. The molecule has 4 nitrogen and oxygen atoms in total. The first-order valence-electron chi connectivity index (χ1n) is 3.08. The molecule has 1 aromatic carbocycles. The Balaban J connectivity index is -0.000000159. The smallest absolute Gasteiger partial charge is 0.759 e. The maximum atomic E-state index is 8.52. The number of rotatable bonds is 0. The average molecular weight is 234 g/mol. The molecule has 0 bridgehead atoms. The summed E-state index contributed by atoms with van der Waals surface area (Å²) in [5, 5.41) is 0. The van der Waals surface area contributed by atoms with Crippen molar-refractivity contribution in [1.82, 2.24) is 0 Å². The van der Waals surface area contributed by atoms with Gasteiger partial charge < -0.3 is 9.11 Å². The zero-order valence-corrected chi connectivity index (χ0v) is 13.2. The van der Waals surface area contributed by atoms with Crippen LogP contribution >= 0.6 is 0 Å². The maximum absolute atomic E-state index is 8.52. The molecular weight excluding hydrogens is 226 g/mol. The molecule has 0 aliphatic heterocycles. The van der Waals surface area contributed by atoms with Gasteiger partial charge in [0.05, 0.1) is 0 Å². The van der Waals surface area contributed by atoms with Gasteiger partial charge in [0.1, 0.15) is 0 Å². The Labute approximate surface area is 128 Å². The third kappa shape index (κ3) is 23.2. The van der Waals surface area contributed by atoms with E-state index in [1.807, 2.05) is 18.2 Å². The van der Waals surface area contributed by atoms with Crippen LogP contribution in [0.2, 0.25) is 0 Å². The summed E-state index contributed by atoms with van der Waals surface area (Å²) < 4.78 is 34.1. The predicted octanol–water partition coefficient (Wildman–Crippen LogP) is -5.33. The molecule has 0 radical (unpaired) electrons. The Bertz CT molecular complexity index is 304. The quantitative estimate of drug-likeness (QED) is 0.255. The summed E-state index contributed by atoms with van der Waals surface area (Å²) in [7, 11) is -5.17. The summed E-state index contributed by atoms with van der Waals surface area (Å²) in [4.78, 5) is 0. The maximum Gasteiger partial charge on any atom is 1.00 e. The number of benzene rings is 1. The van der Waals surface area contributed by atoms with Crippen LogP contribution in [-0.2, 0) is 10.4 Å². The van der Waals surface area contributed by atoms with Crippen molar-refractivity contribution >= 4 is 10.4 Å². The SMILES string of the molecule is Cc1ccccc1.O=S(=O)([O-])[O-].[Na+].[Na+]. The summed E-state index contributed by atoms with van der Waals surface area (Å²) in [6.07, 6.45) is 0. The second-order valence-electron chi connectivity index (χ2n) is 2.06. The first-order chi connectivity index (χ1) is 5.39. The standard InChI is InChI=1S/C7H8.2Na.H2O4S/c1-7-5-3-2-4-6-7;;;1-5(2,3)4/h2-6H,1H3;;;(H2,1,2,3,4)/q;2*+1;/p-2. The van der Waals surface area contributed by atoms with Gasteiger partial charge in [-0.25, -0.2) is 0 Å². The molecular formula is C7H8Na2O4S. The predicted molar refractivity (Wildman–Crippen MR) is 41.7 cm³/mol. The molecule has 1 aromatic rings. The summed E-state index contributed by atoms with van der Waals surface area (Å²) in [6.45, 7) is 2.08. The third-order valence-corrected chi connectivity index (χ3v) is 0.940. The van der Waals surface area contributed by atoms with E-state index in [1.54, 1.807) is 0 Å². The van der Waals surface area contributed by atoms with Gasteiger partial charge in [-0.2, -0.15) is 0 Å². The molecule has 0 amide bonds. The van der Waals surface area contributed by atoms with Gasteiger partial charge in [0.15, 0.2) is 0 Å². The van der Waals surface area contributed by atoms with Crippen LogP contribution < -0.4 is 59.1 Å². The van der Waals surface area contributed by atoms with Gasteiger partial charge in [-0.15, -0.1) is 0 Å². The molecule has 0 spiro atoms. The second-order valence-corrected chi connectivity index (χ2v) is 2.88. The van der Waals surface area contributed by atoms with Crippen LogP contribution in [0, 0.1) is 6.92 Å². The number of hydrogen-bond donors (Lipinski definition) is 0. The van der Waals surface area contributed by atoms with Crippen molar-refractivity contribution in [3.05, 3.63) is 35.9 Å². The molecule has 0 saturated carbocycles. The minimum atomic E-state index is -5.17. The average Bonchev–Trinajstić information content (AvgIpc) is 1.85. The van der Waals surface area contributed by atoms with Crippen molar-refractivity contribution in [2.45, 2.75) is 6.92 Å². The van der Waals surface area contributed by atoms with E-state index in [4.69, 9.17) is 17.5 Å². The van der Waals surface area contributed by atoms with Crippen LogP contribution in [0.4, 0.5) is 0 Å². The molecule has 0 aliphatic carbocycles. The van der Waals surface area contributed by atoms with E-state index >= 15 is 0 Å². The van der Waals surface area contributed by atoms with E-state index in [2.05, 4.69) is 19.1 Å². The van der Waals surface area contributed by atoms with Crippen LogP contribution in [0.15, 0.2) is 30.3 Å². The molecule has 68 valence electrons. The Kier molecular flexibility index (Phi) is 15.5. The van der Waals surface area contributed by atoms with E-state index in [0.717, 1.165) is 0 Å². The van der Waals surface area contributed by atoms with Crippen molar-refractivity contribution in [2.24, 2.45) is 0 Å². The van der Waals surface area contributed by atoms with Crippen molar-refractivity contribution in [2.75, 3.05) is 0 Å². The molecule has 1 rings (SSSR count). The van der Waals surface area contributed by atoms with Crippen LogP contribution in [0.5, 0.6) is 0 Å². The van der Waals surface area contributed by atoms with Crippen molar-refractivity contribution in [3.8, 4) is 0 Å². The zero-order valence-electron chi connectivity index (χ0n) is 8.43. The van der Waals surface area contributed by atoms with E-state index in [-0.39, 0.29) is 59.1 Å².